The summed E-state index contributed by atoms with van der Waals surface area (Å²) < 4.78 is 0. The minimum atomic E-state index is 0.466. The van der Waals surface area contributed by atoms with Crippen LogP contribution in [0, 0.1) is 5.92 Å². The van der Waals surface area contributed by atoms with Crippen molar-refractivity contribution in [3.05, 3.63) is 0 Å². The lowest BCUT2D eigenvalue weighted by Gasteiger charge is -2.36. The molecule has 0 bridgehead atoms. The highest BCUT2D eigenvalue weighted by Crippen LogP contribution is 2.32. The smallest absolute Gasteiger partial charge is 0.0117 e. The number of rotatable bonds is 6. The van der Waals surface area contributed by atoms with Gasteiger partial charge in [0.1, 0.15) is 0 Å². The van der Waals surface area contributed by atoms with Crippen molar-refractivity contribution in [2.45, 2.75) is 51.1 Å². The third-order valence-corrected chi connectivity index (χ3v) is 4.67. The fraction of sp³-hybridized carbons (Fsp3) is 1.00. The highest BCUT2D eigenvalue weighted by atomic mass is 15.2. The van der Waals surface area contributed by atoms with Crippen LogP contribution in [0.25, 0.3) is 0 Å². The van der Waals surface area contributed by atoms with Gasteiger partial charge in [-0.15, -0.1) is 0 Å². The number of hydrogen-bond donors (Lipinski definition) is 1. The molecule has 2 N–H and O–H groups in total. The van der Waals surface area contributed by atoms with E-state index in [1.54, 1.807) is 0 Å². The van der Waals surface area contributed by atoms with Gasteiger partial charge in [-0.25, -0.2) is 0 Å². The molecule has 1 heterocycles. The summed E-state index contributed by atoms with van der Waals surface area (Å²) in [5.74, 6) is 0.852. The topological polar surface area (TPSA) is 32.5 Å². The van der Waals surface area contributed by atoms with Crippen molar-refractivity contribution < 1.29 is 0 Å². The summed E-state index contributed by atoms with van der Waals surface area (Å²) >= 11 is 0. The summed E-state index contributed by atoms with van der Waals surface area (Å²) in [5, 5.41) is 0. The molecule has 3 nitrogen and oxygen atoms in total. The highest BCUT2D eigenvalue weighted by Gasteiger charge is 2.29. The zero-order valence-corrected chi connectivity index (χ0v) is 11.6. The molecule has 2 fully saturated rings. The molecule has 0 amide bonds. The normalized spacial score (nSPS) is 25.4. The van der Waals surface area contributed by atoms with E-state index < -0.39 is 0 Å². The maximum Gasteiger partial charge on any atom is 0.0117 e. The molecule has 2 rings (SSSR count). The van der Waals surface area contributed by atoms with Gasteiger partial charge in [0.25, 0.3) is 0 Å². The van der Waals surface area contributed by atoms with Crippen LogP contribution in [-0.2, 0) is 0 Å². The summed E-state index contributed by atoms with van der Waals surface area (Å²) in [4.78, 5) is 5.11. The second-order valence-electron chi connectivity index (χ2n) is 5.94. The van der Waals surface area contributed by atoms with Gasteiger partial charge in [0.2, 0.25) is 0 Å². The Balaban J connectivity index is 1.63. The van der Waals surface area contributed by atoms with Gasteiger partial charge in [-0.3, -0.25) is 0 Å². The molecule has 3 heteroatoms. The predicted molar refractivity (Wildman–Crippen MR) is 73.1 cm³/mol. The Hall–Kier alpha value is -0.120. The Labute approximate surface area is 106 Å². The van der Waals surface area contributed by atoms with E-state index in [0.717, 1.165) is 12.0 Å². The summed E-state index contributed by atoms with van der Waals surface area (Å²) in [6.07, 6.45) is 6.61. The van der Waals surface area contributed by atoms with Crippen molar-refractivity contribution in [1.82, 2.24) is 9.80 Å². The highest BCUT2D eigenvalue weighted by molar-refractivity contribution is 4.85. The molecule has 100 valence electrons. The van der Waals surface area contributed by atoms with Crippen LogP contribution in [-0.4, -0.2) is 55.1 Å². The van der Waals surface area contributed by atoms with Gasteiger partial charge in [0.05, 0.1) is 0 Å². The molecule has 1 saturated heterocycles. The van der Waals surface area contributed by atoms with Crippen LogP contribution in [0.15, 0.2) is 0 Å². The van der Waals surface area contributed by atoms with Gasteiger partial charge in [-0.1, -0.05) is 6.92 Å². The van der Waals surface area contributed by atoms with Crippen LogP contribution in [0.1, 0.15) is 39.0 Å². The standard InChI is InChI=1S/C14H29N3/c1-3-17-10-6-13(7-11-17)16(2)9-8-14(15)12-4-5-12/h12-14H,3-11,15H2,1-2H3. The number of hydrogen-bond acceptors (Lipinski definition) is 3. The Kier molecular flexibility index (Phi) is 4.83. The van der Waals surface area contributed by atoms with Crippen molar-refractivity contribution in [2.75, 3.05) is 33.2 Å². The van der Waals surface area contributed by atoms with Gasteiger partial charge in [-0.05, 0) is 71.2 Å². The zero-order valence-electron chi connectivity index (χ0n) is 11.6. The van der Waals surface area contributed by atoms with Crippen molar-refractivity contribution in [3.63, 3.8) is 0 Å². The third kappa shape index (κ3) is 3.94. The fourth-order valence-corrected chi connectivity index (χ4v) is 2.97. The van der Waals surface area contributed by atoms with Gasteiger partial charge < -0.3 is 15.5 Å². The molecule has 1 aliphatic carbocycles. The monoisotopic (exact) mass is 239 g/mol. The lowest BCUT2D eigenvalue weighted by molar-refractivity contribution is 0.128. The van der Waals surface area contributed by atoms with Crippen LogP contribution in [0.5, 0.6) is 0 Å². The van der Waals surface area contributed by atoms with E-state index in [9.17, 15) is 0 Å². The van der Waals surface area contributed by atoms with Crippen LogP contribution >= 0.6 is 0 Å². The Morgan fingerprint density at radius 3 is 2.41 bits per heavy atom. The summed E-state index contributed by atoms with van der Waals surface area (Å²) in [5.41, 5.74) is 6.17. The van der Waals surface area contributed by atoms with Gasteiger partial charge in [-0.2, -0.15) is 0 Å². The van der Waals surface area contributed by atoms with Crippen molar-refractivity contribution in [2.24, 2.45) is 11.7 Å². The van der Waals surface area contributed by atoms with E-state index in [4.69, 9.17) is 5.73 Å². The third-order valence-electron chi connectivity index (χ3n) is 4.67. The molecular weight excluding hydrogens is 210 g/mol. The molecule has 0 aromatic carbocycles. The average molecular weight is 239 g/mol. The number of likely N-dealkylation sites (tertiary alicyclic amines) is 1. The Morgan fingerprint density at radius 1 is 1.24 bits per heavy atom. The molecule has 1 unspecified atom stereocenters. The first-order valence-electron chi connectivity index (χ1n) is 7.39. The summed E-state index contributed by atoms with van der Waals surface area (Å²) in [6.45, 7) is 7.22. The van der Waals surface area contributed by atoms with Crippen molar-refractivity contribution in [3.8, 4) is 0 Å². The van der Waals surface area contributed by atoms with Gasteiger partial charge in [0, 0.05) is 12.1 Å². The molecule has 2 aliphatic rings. The first-order chi connectivity index (χ1) is 8.20. The number of nitrogens with two attached hydrogens (primary N) is 1. The minimum absolute atomic E-state index is 0.466. The first-order valence-corrected chi connectivity index (χ1v) is 7.39. The fourth-order valence-electron chi connectivity index (χ4n) is 2.97. The van der Waals surface area contributed by atoms with E-state index in [1.807, 2.05) is 0 Å². The van der Waals surface area contributed by atoms with Crippen molar-refractivity contribution in [1.29, 1.82) is 0 Å². The summed E-state index contributed by atoms with van der Waals surface area (Å²) in [6, 6.07) is 1.26. The molecular formula is C14H29N3. The molecule has 0 aromatic rings. The Bertz CT molecular complexity index is 220. The SMILES string of the molecule is CCN1CCC(N(C)CCC(N)C2CC2)CC1. The lowest BCUT2D eigenvalue weighted by Crippen LogP contribution is -2.44. The van der Waals surface area contributed by atoms with Gasteiger partial charge in [0.15, 0.2) is 0 Å². The molecule has 0 spiro atoms. The minimum Gasteiger partial charge on any atom is -0.327 e. The molecule has 0 radical (unpaired) electrons. The largest absolute Gasteiger partial charge is 0.327 e. The summed E-state index contributed by atoms with van der Waals surface area (Å²) in [7, 11) is 2.28. The van der Waals surface area contributed by atoms with E-state index in [-0.39, 0.29) is 0 Å². The zero-order chi connectivity index (χ0) is 12.3. The second-order valence-corrected chi connectivity index (χ2v) is 5.94. The molecule has 0 aromatic heterocycles. The molecule has 1 atom stereocenters. The maximum atomic E-state index is 6.17. The van der Waals surface area contributed by atoms with Gasteiger partial charge >= 0.3 is 0 Å². The number of nitrogens with zero attached hydrogens (tertiary/aromatic N) is 2. The van der Waals surface area contributed by atoms with Crippen LogP contribution in [0.3, 0.4) is 0 Å². The number of piperidine rings is 1. The average Bonchev–Trinajstić information content (AvgIpc) is 3.20. The first kappa shape index (κ1) is 13.3. The molecule has 1 aliphatic heterocycles. The van der Waals surface area contributed by atoms with Crippen LogP contribution in [0.2, 0.25) is 0 Å². The maximum absolute atomic E-state index is 6.17. The van der Waals surface area contributed by atoms with E-state index in [2.05, 4.69) is 23.8 Å². The lowest BCUT2D eigenvalue weighted by atomic mass is 10.0. The second kappa shape index (κ2) is 6.17. The van der Waals surface area contributed by atoms with Crippen LogP contribution < -0.4 is 5.73 Å². The predicted octanol–water partition coefficient (Wildman–Crippen LogP) is 1.53. The quantitative estimate of drug-likeness (QED) is 0.763. The van der Waals surface area contributed by atoms with Crippen molar-refractivity contribution >= 4 is 0 Å². The molecule has 17 heavy (non-hydrogen) atoms. The Morgan fingerprint density at radius 2 is 1.88 bits per heavy atom. The molecule has 1 saturated carbocycles. The van der Waals surface area contributed by atoms with E-state index >= 15 is 0 Å². The van der Waals surface area contributed by atoms with Crippen LogP contribution in [0.4, 0.5) is 0 Å². The van der Waals surface area contributed by atoms with E-state index in [0.29, 0.717) is 6.04 Å². The van der Waals surface area contributed by atoms with E-state index in [1.165, 1.54) is 58.3 Å².